The molecule has 2 atom stereocenters. The smallest absolute Gasteiger partial charge is 0.305 e. The molecule has 0 saturated carbocycles. The van der Waals surface area contributed by atoms with Gasteiger partial charge in [0.05, 0.1) is 25.4 Å². The summed E-state index contributed by atoms with van der Waals surface area (Å²) in [5, 5.41) is 23.3. The number of hydrogen-bond donors (Lipinski definition) is 3. The molecule has 6 heteroatoms. The van der Waals surface area contributed by atoms with E-state index in [1.54, 1.807) is 6.08 Å². The molecular formula is C81H157NO5. The van der Waals surface area contributed by atoms with Gasteiger partial charge in [-0.1, -0.05) is 411 Å². The first-order valence-corrected chi connectivity index (χ1v) is 40.1. The molecule has 0 heterocycles. The maximum Gasteiger partial charge on any atom is 0.305 e. The fourth-order valence-electron chi connectivity index (χ4n) is 12.9. The van der Waals surface area contributed by atoms with Gasteiger partial charge in [-0.25, -0.2) is 0 Å². The Morgan fingerprint density at radius 2 is 0.540 bits per heavy atom. The lowest BCUT2D eigenvalue weighted by Crippen LogP contribution is -2.45. The molecule has 1 amide bonds. The average molecular weight is 1230 g/mol. The number of amides is 1. The minimum absolute atomic E-state index is 0.0214. The SMILES string of the molecule is CCCCCCCCCCCCCCCCCCCCCCCC/C=C/C(O)C(CO)NC(=O)CCCCCCCCCCCCCCCC/C=C\CCCCCCCCCCCCCCOC(=O)CCCCCCCCCCCCCCCCCC. The number of rotatable bonds is 76. The Hall–Kier alpha value is -1.66. The maximum atomic E-state index is 12.6. The van der Waals surface area contributed by atoms with E-state index in [4.69, 9.17) is 4.74 Å². The van der Waals surface area contributed by atoms with Gasteiger partial charge in [0, 0.05) is 12.8 Å². The van der Waals surface area contributed by atoms with E-state index in [0.717, 1.165) is 38.5 Å². The lowest BCUT2D eigenvalue weighted by Gasteiger charge is -2.20. The van der Waals surface area contributed by atoms with Crippen LogP contribution < -0.4 is 5.32 Å². The van der Waals surface area contributed by atoms with Gasteiger partial charge in [-0.3, -0.25) is 9.59 Å². The zero-order valence-electron chi connectivity index (χ0n) is 59.3. The maximum absolute atomic E-state index is 12.6. The van der Waals surface area contributed by atoms with Crippen molar-refractivity contribution in [3.05, 3.63) is 24.3 Å². The Morgan fingerprint density at radius 1 is 0.310 bits per heavy atom. The normalized spacial score (nSPS) is 12.6. The van der Waals surface area contributed by atoms with E-state index in [0.29, 0.717) is 19.4 Å². The summed E-state index contributed by atoms with van der Waals surface area (Å²) in [7, 11) is 0. The predicted molar refractivity (Wildman–Crippen MR) is 384 cm³/mol. The van der Waals surface area contributed by atoms with Gasteiger partial charge in [-0.2, -0.15) is 0 Å². The lowest BCUT2D eigenvalue weighted by molar-refractivity contribution is -0.143. The molecule has 0 aromatic heterocycles. The molecule has 2 unspecified atom stereocenters. The highest BCUT2D eigenvalue weighted by Gasteiger charge is 2.18. The van der Waals surface area contributed by atoms with Crippen LogP contribution in [0.3, 0.4) is 0 Å². The molecule has 0 rings (SSSR count). The third kappa shape index (κ3) is 73.3. The Bertz CT molecular complexity index is 1360. The summed E-state index contributed by atoms with van der Waals surface area (Å²) in [6.07, 6.45) is 98.7. The number of esters is 1. The third-order valence-corrected chi connectivity index (χ3v) is 19.0. The molecule has 0 aromatic rings. The summed E-state index contributed by atoms with van der Waals surface area (Å²) in [5.74, 6) is -0.0397. The molecule has 87 heavy (non-hydrogen) atoms. The minimum atomic E-state index is -0.845. The Morgan fingerprint density at radius 3 is 0.816 bits per heavy atom. The van der Waals surface area contributed by atoms with Crippen molar-refractivity contribution in [2.24, 2.45) is 0 Å². The van der Waals surface area contributed by atoms with Gasteiger partial charge >= 0.3 is 5.97 Å². The van der Waals surface area contributed by atoms with Crippen LogP contribution in [0.4, 0.5) is 0 Å². The van der Waals surface area contributed by atoms with Gasteiger partial charge in [0.2, 0.25) is 5.91 Å². The summed E-state index contributed by atoms with van der Waals surface area (Å²) in [4.78, 5) is 24.7. The Labute approximate surface area is 545 Å². The molecule has 0 fully saturated rings. The van der Waals surface area contributed by atoms with E-state index in [1.807, 2.05) is 6.08 Å². The second-order valence-electron chi connectivity index (χ2n) is 27.8. The molecule has 0 aliphatic heterocycles. The molecule has 0 saturated heterocycles. The van der Waals surface area contributed by atoms with Gasteiger partial charge in [-0.05, 0) is 57.8 Å². The number of unbranched alkanes of at least 4 members (excludes halogenated alkanes) is 63. The van der Waals surface area contributed by atoms with Crippen LogP contribution in [0.1, 0.15) is 457 Å². The number of hydrogen-bond acceptors (Lipinski definition) is 5. The average Bonchev–Trinajstić information content (AvgIpc) is 3.54. The number of allylic oxidation sites excluding steroid dienone is 3. The molecular weight excluding hydrogens is 1070 g/mol. The van der Waals surface area contributed by atoms with Gasteiger partial charge in [0.15, 0.2) is 0 Å². The molecule has 0 radical (unpaired) electrons. The molecule has 6 nitrogen and oxygen atoms in total. The second kappa shape index (κ2) is 76.8. The quantitative estimate of drug-likeness (QED) is 0.0320. The number of carbonyl (C=O) groups excluding carboxylic acids is 2. The van der Waals surface area contributed by atoms with Crippen LogP contribution in [-0.4, -0.2) is 47.4 Å². The van der Waals surface area contributed by atoms with Gasteiger partial charge < -0.3 is 20.3 Å². The highest BCUT2D eigenvalue weighted by molar-refractivity contribution is 5.76. The van der Waals surface area contributed by atoms with Crippen molar-refractivity contribution in [1.82, 2.24) is 5.32 Å². The van der Waals surface area contributed by atoms with Crippen molar-refractivity contribution < 1.29 is 24.5 Å². The second-order valence-corrected chi connectivity index (χ2v) is 27.8. The van der Waals surface area contributed by atoms with Crippen molar-refractivity contribution in [1.29, 1.82) is 0 Å². The molecule has 0 aromatic carbocycles. The summed E-state index contributed by atoms with van der Waals surface area (Å²) < 4.78 is 5.51. The van der Waals surface area contributed by atoms with Crippen molar-refractivity contribution in [3.63, 3.8) is 0 Å². The molecule has 516 valence electrons. The van der Waals surface area contributed by atoms with Crippen LogP contribution in [-0.2, 0) is 14.3 Å². The monoisotopic (exact) mass is 1220 g/mol. The number of aliphatic hydroxyl groups is 2. The largest absolute Gasteiger partial charge is 0.466 e. The Kier molecular flexibility index (Phi) is 75.3. The number of ether oxygens (including phenoxy) is 1. The summed E-state index contributed by atoms with van der Waals surface area (Å²) >= 11 is 0. The van der Waals surface area contributed by atoms with Crippen LogP contribution in [0.15, 0.2) is 24.3 Å². The summed E-state index contributed by atoms with van der Waals surface area (Å²) in [5.41, 5.74) is 0. The van der Waals surface area contributed by atoms with Crippen molar-refractivity contribution >= 4 is 11.9 Å². The van der Waals surface area contributed by atoms with Crippen LogP contribution in [0.2, 0.25) is 0 Å². The van der Waals surface area contributed by atoms with Crippen LogP contribution >= 0.6 is 0 Å². The zero-order chi connectivity index (χ0) is 62.8. The van der Waals surface area contributed by atoms with Crippen LogP contribution in [0, 0.1) is 0 Å². The highest BCUT2D eigenvalue weighted by atomic mass is 16.5. The highest BCUT2D eigenvalue weighted by Crippen LogP contribution is 2.20. The van der Waals surface area contributed by atoms with Gasteiger partial charge in [0.1, 0.15) is 0 Å². The first-order chi connectivity index (χ1) is 43.0. The fourth-order valence-corrected chi connectivity index (χ4v) is 12.9. The topological polar surface area (TPSA) is 95.9 Å². The molecule has 0 spiro atoms. The van der Waals surface area contributed by atoms with Crippen LogP contribution in [0.25, 0.3) is 0 Å². The van der Waals surface area contributed by atoms with E-state index in [-0.39, 0.29) is 18.5 Å². The number of aliphatic hydroxyl groups excluding tert-OH is 2. The van der Waals surface area contributed by atoms with E-state index in [9.17, 15) is 19.8 Å². The summed E-state index contributed by atoms with van der Waals surface area (Å²) in [6, 6.07) is -0.628. The zero-order valence-corrected chi connectivity index (χ0v) is 59.3. The fraction of sp³-hybridized carbons (Fsp3) is 0.926. The van der Waals surface area contributed by atoms with E-state index in [1.165, 1.54) is 392 Å². The summed E-state index contributed by atoms with van der Waals surface area (Å²) in [6.45, 7) is 4.96. The van der Waals surface area contributed by atoms with E-state index >= 15 is 0 Å². The first kappa shape index (κ1) is 85.3. The minimum Gasteiger partial charge on any atom is -0.466 e. The molecule has 0 aliphatic rings. The molecule has 0 bridgehead atoms. The van der Waals surface area contributed by atoms with Crippen molar-refractivity contribution in [2.75, 3.05) is 13.2 Å². The molecule has 0 aliphatic carbocycles. The van der Waals surface area contributed by atoms with Crippen molar-refractivity contribution in [3.8, 4) is 0 Å². The van der Waals surface area contributed by atoms with Crippen molar-refractivity contribution in [2.45, 2.75) is 469 Å². The van der Waals surface area contributed by atoms with E-state index < -0.39 is 12.1 Å². The lowest BCUT2D eigenvalue weighted by atomic mass is 10.0. The van der Waals surface area contributed by atoms with Gasteiger partial charge in [0.25, 0.3) is 0 Å². The third-order valence-electron chi connectivity index (χ3n) is 19.0. The molecule has 3 N–H and O–H groups in total. The number of nitrogens with one attached hydrogen (secondary N) is 1. The standard InChI is InChI=1S/C81H157NO5/c1-3-5-7-9-11-13-15-17-19-21-22-23-24-33-36-39-42-45-49-53-57-61-65-69-73-79(84)78(77-83)82-80(85)74-70-66-62-58-54-50-46-43-40-37-34-31-29-27-25-26-28-30-32-35-38-41-44-48-52-56-60-64-68-72-76-87-81(86)75-71-67-63-59-55-51-47-20-18-16-14-12-10-8-6-4-2/h26,28,69,73,78-79,83-84H,3-25,27,29-68,70-72,74-77H2,1-2H3,(H,82,85)/b28-26-,73-69+. The number of carbonyl (C=O) groups is 2. The Balaban J connectivity index is 3.38. The van der Waals surface area contributed by atoms with Gasteiger partial charge in [-0.15, -0.1) is 0 Å². The van der Waals surface area contributed by atoms with Crippen LogP contribution in [0.5, 0.6) is 0 Å². The first-order valence-electron chi connectivity index (χ1n) is 40.1. The predicted octanol–water partition coefficient (Wildman–Crippen LogP) is 26.4. The van der Waals surface area contributed by atoms with E-state index in [2.05, 4.69) is 31.3 Å².